The summed E-state index contributed by atoms with van der Waals surface area (Å²) in [5.41, 5.74) is 6.91. The number of ether oxygens (including phenoxy) is 5. The minimum atomic E-state index is -1.65. The van der Waals surface area contributed by atoms with E-state index in [1.807, 2.05) is 27.7 Å². The van der Waals surface area contributed by atoms with Gasteiger partial charge >= 0.3 is 30.2 Å². The number of fused-ring (bicyclic) bond motifs is 1. The lowest BCUT2D eigenvalue weighted by Crippen LogP contribution is -2.56. The Morgan fingerprint density at radius 1 is 0.716 bits per heavy atom. The summed E-state index contributed by atoms with van der Waals surface area (Å²) in [5.74, 6) is -4.69. The van der Waals surface area contributed by atoms with Crippen LogP contribution in [0.15, 0.2) is 29.5 Å². The molecule has 0 saturated heterocycles. The number of hydrogen-bond donors (Lipinski definition) is 2. The summed E-state index contributed by atoms with van der Waals surface area (Å²) in [6.45, 7) is 30.6. The maximum absolute atomic E-state index is 14.4. The van der Waals surface area contributed by atoms with Crippen LogP contribution in [0.4, 0.5) is 14.4 Å². The van der Waals surface area contributed by atoms with Gasteiger partial charge in [-0.2, -0.15) is 4.90 Å². The molecule has 2 rings (SSSR count). The zero-order chi connectivity index (χ0) is 51.7. The highest BCUT2D eigenvalue weighted by atomic mass is 16.6. The number of nitrogens with one attached hydrogen (secondary N) is 2. The molecule has 1 aromatic carbocycles. The number of benzene rings is 1. The van der Waals surface area contributed by atoms with Gasteiger partial charge in [-0.1, -0.05) is 58.8 Å². The first-order chi connectivity index (χ1) is 30.5. The molecular weight excluding hydrogens is 867 g/mol. The van der Waals surface area contributed by atoms with Gasteiger partial charge in [0.15, 0.2) is 0 Å². The van der Waals surface area contributed by atoms with Crippen LogP contribution in [0.1, 0.15) is 148 Å². The highest BCUT2D eigenvalue weighted by Crippen LogP contribution is 2.35. The second-order valence-electron chi connectivity index (χ2n) is 21.7. The van der Waals surface area contributed by atoms with Crippen molar-refractivity contribution >= 4 is 52.9 Å². The smallest absolute Gasteiger partial charge is 0.420 e. The second-order valence-corrected chi connectivity index (χ2v) is 21.7. The van der Waals surface area contributed by atoms with Gasteiger partial charge in [0.2, 0.25) is 11.8 Å². The van der Waals surface area contributed by atoms with Gasteiger partial charge in [-0.3, -0.25) is 14.2 Å². The molecule has 0 spiro atoms. The molecule has 19 heteroatoms. The Morgan fingerprint density at radius 3 is 1.67 bits per heavy atom. The number of imide groups is 1. The number of nitrogens with zero attached hydrogens (tertiary/aromatic N) is 5. The molecule has 19 nitrogen and oxygen atoms in total. The van der Waals surface area contributed by atoms with Crippen molar-refractivity contribution in [3.8, 4) is 0 Å². The zero-order valence-electron chi connectivity index (χ0n) is 43.0. The normalized spacial score (nSPS) is 14.5. The molecule has 0 fully saturated rings. The van der Waals surface area contributed by atoms with E-state index < -0.39 is 100 Å². The van der Waals surface area contributed by atoms with Crippen molar-refractivity contribution < 1.29 is 57.2 Å². The summed E-state index contributed by atoms with van der Waals surface area (Å²) in [4.78, 5) is 100. The van der Waals surface area contributed by atoms with Crippen LogP contribution >= 0.6 is 0 Å². The molecule has 4 amide bonds. The highest BCUT2D eigenvalue weighted by Gasteiger charge is 2.42. The van der Waals surface area contributed by atoms with Crippen molar-refractivity contribution in [1.29, 1.82) is 0 Å². The fourth-order valence-electron chi connectivity index (χ4n) is 7.07. The van der Waals surface area contributed by atoms with Crippen molar-refractivity contribution in [1.82, 2.24) is 20.1 Å². The Bertz CT molecular complexity index is 2130. The van der Waals surface area contributed by atoms with Crippen molar-refractivity contribution in [2.45, 2.75) is 190 Å². The average molecular weight is 942 g/mol. The molecule has 67 heavy (non-hydrogen) atoms. The monoisotopic (exact) mass is 942 g/mol. The van der Waals surface area contributed by atoms with Gasteiger partial charge < -0.3 is 34.3 Å². The van der Waals surface area contributed by atoms with Crippen LogP contribution in [0, 0.1) is 17.8 Å². The van der Waals surface area contributed by atoms with Gasteiger partial charge in [0, 0.05) is 28.8 Å². The van der Waals surface area contributed by atoms with Gasteiger partial charge in [-0.05, 0) is 130 Å². The van der Waals surface area contributed by atoms with E-state index in [0.29, 0.717) is 21.4 Å². The molecule has 0 bridgehead atoms. The largest absolute Gasteiger partial charge is 0.467 e. The van der Waals surface area contributed by atoms with Crippen LogP contribution in [-0.2, 0) is 49.3 Å². The zero-order valence-corrected chi connectivity index (χ0v) is 43.0. The van der Waals surface area contributed by atoms with Crippen molar-refractivity contribution in [3.63, 3.8) is 0 Å². The summed E-state index contributed by atoms with van der Waals surface area (Å²) in [6.07, 6.45) is -1.94. The molecule has 374 valence electrons. The van der Waals surface area contributed by atoms with Gasteiger partial charge in [-0.15, -0.1) is 0 Å². The molecule has 2 aromatic rings. The first-order valence-electron chi connectivity index (χ1n) is 22.6. The lowest BCUT2D eigenvalue weighted by molar-refractivity contribution is -0.160. The quantitative estimate of drug-likeness (QED) is 0.0526. The molecule has 0 aliphatic rings. The number of esters is 2. The van der Waals surface area contributed by atoms with Crippen LogP contribution in [0.2, 0.25) is 0 Å². The third-order valence-corrected chi connectivity index (χ3v) is 9.73. The van der Waals surface area contributed by atoms with E-state index in [9.17, 15) is 39.1 Å². The molecule has 0 radical (unpaired) electrons. The van der Waals surface area contributed by atoms with Crippen LogP contribution in [0.3, 0.4) is 0 Å². The maximum Gasteiger partial charge on any atom is 0.420 e. The Hall–Kier alpha value is -5.84. The lowest BCUT2D eigenvalue weighted by Gasteiger charge is -2.32. The Labute approximate surface area is 395 Å². The van der Waals surface area contributed by atoms with Crippen molar-refractivity contribution in [2.75, 3.05) is 7.11 Å². The SMILES string of the molecule is COC(=O)[C@H](Cc1cn(C(=O)OC(C)(C)C)c2cc([C@@H](C(C)C)[C@H](N=[N+]=[N-])C(=O)N[C@@H](CC(C)C)C(=O)N[C@H](C(=O)OC(C)(C)C)C(C)C)ccc12)N(C(=O)OC(C)(C)C)C(=O)OC(C)(C)C. The van der Waals surface area contributed by atoms with Gasteiger partial charge in [-0.25, -0.2) is 24.0 Å². The first kappa shape index (κ1) is 57.3. The van der Waals surface area contributed by atoms with E-state index in [2.05, 4.69) is 20.7 Å². The fourth-order valence-corrected chi connectivity index (χ4v) is 7.07. The van der Waals surface area contributed by atoms with E-state index in [0.717, 1.165) is 7.11 Å². The molecule has 1 heterocycles. The van der Waals surface area contributed by atoms with Crippen molar-refractivity contribution in [3.05, 3.63) is 46.0 Å². The molecule has 0 saturated carbocycles. The molecule has 0 unspecified atom stereocenters. The molecule has 0 aliphatic heterocycles. The van der Waals surface area contributed by atoms with Crippen LogP contribution in [-0.4, -0.2) is 105 Å². The Kier molecular flexibility index (Phi) is 19.5. The number of carbonyl (C=O) groups is 7. The number of azide groups is 1. The minimum Gasteiger partial charge on any atom is -0.467 e. The fraction of sp³-hybridized carbons (Fsp3) is 0.688. The van der Waals surface area contributed by atoms with Gasteiger partial charge in [0.1, 0.15) is 46.6 Å². The molecule has 5 atom stereocenters. The van der Waals surface area contributed by atoms with E-state index in [-0.39, 0.29) is 30.2 Å². The number of rotatable bonds is 16. The topological polar surface area (TPSA) is 247 Å². The Morgan fingerprint density at radius 2 is 1.24 bits per heavy atom. The lowest BCUT2D eigenvalue weighted by atomic mass is 9.81. The average Bonchev–Trinajstić information content (AvgIpc) is 3.50. The molecular formula is C48H75N7O12. The van der Waals surface area contributed by atoms with E-state index in [1.165, 1.54) is 10.8 Å². The summed E-state index contributed by atoms with van der Waals surface area (Å²) in [6, 6.07) is -0.308. The number of carbonyl (C=O) groups excluding carboxylic acids is 7. The number of amides is 4. The summed E-state index contributed by atoms with van der Waals surface area (Å²) in [5, 5.41) is 9.89. The van der Waals surface area contributed by atoms with Gasteiger partial charge in [0.05, 0.1) is 12.6 Å². The molecule has 1 aromatic heterocycles. The number of methoxy groups -OCH3 is 1. The van der Waals surface area contributed by atoms with Crippen LogP contribution in [0.5, 0.6) is 0 Å². The van der Waals surface area contributed by atoms with Crippen molar-refractivity contribution in [2.24, 2.45) is 22.9 Å². The van der Waals surface area contributed by atoms with E-state index in [1.54, 1.807) is 115 Å². The van der Waals surface area contributed by atoms with E-state index >= 15 is 0 Å². The standard InChI is InChI=1S/C48H75N7O12/c1-26(2)22-32(38(56)51-36(28(5)6)41(59)64-45(7,8)9)50-39(57)37(52-53-49)35(27(3)4)29-20-21-31-30(25-54(33(31)23-29)42(60)65-46(10,11)12)24-34(40(58)63-19)55(43(61)66-47(13,14)15)44(62)67-48(16,17)18/h20-21,23,25-28,32,34-37H,22,24H2,1-19H3,(H,50,57)(H,51,56)/t32-,34-,35+,36-,37-/m0/s1. The number of hydrogen-bond acceptors (Lipinski definition) is 13. The summed E-state index contributed by atoms with van der Waals surface area (Å²) >= 11 is 0. The minimum absolute atomic E-state index is 0.0923. The number of aromatic nitrogens is 1. The predicted molar refractivity (Wildman–Crippen MR) is 252 cm³/mol. The first-order valence-corrected chi connectivity index (χ1v) is 22.6. The summed E-state index contributed by atoms with van der Waals surface area (Å²) < 4.78 is 28.8. The maximum atomic E-state index is 14.4. The van der Waals surface area contributed by atoms with E-state index in [4.69, 9.17) is 23.7 Å². The molecule has 2 N–H and O–H groups in total. The molecule has 0 aliphatic carbocycles. The summed E-state index contributed by atoms with van der Waals surface area (Å²) in [7, 11) is 1.10. The predicted octanol–water partition coefficient (Wildman–Crippen LogP) is 9.11. The van der Waals surface area contributed by atoms with Gasteiger partial charge in [0.25, 0.3) is 0 Å². The Balaban J connectivity index is 2.86. The second kappa shape index (κ2) is 22.8. The van der Waals surface area contributed by atoms with Crippen LogP contribution < -0.4 is 10.6 Å². The third-order valence-electron chi connectivity index (χ3n) is 9.73. The third kappa shape index (κ3) is 17.4. The highest BCUT2D eigenvalue weighted by molar-refractivity contribution is 5.97. The van der Waals surface area contributed by atoms with Crippen LogP contribution in [0.25, 0.3) is 21.3 Å².